The molecule has 2 aromatic carbocycles. The number of fused-ring (bicyclic) bond motifs is 2. The van der Waals surface area contributed by atoms with E-state index in [2.05, 4.69) is 48.7 Å². The van der Waals surface area contributed by atoms with Crippen molar-refractivity contribution in [2.45, 2.75) is 13.0 Å². The first kappa shape index (κ1) is 19.0. The van der Waals surface area contributed by atoms with Crippen molar-refractivity contribution >= 4 is 49.7 Å². The van der Waals surface area contributed by atoms with Gasteiger partial charge in [-0.05, 0) is 29.8 Å². The van der Waals surface area contributed by atoms with Gasteiger partial charge in [0.05, 0.1) is 11.4 Å². The summed E-state index contributed by atoms with van der Waals surface area (Å²) in [6, 6.07) is 16.0. The summed E-state index contributed by atoms with van der Waals surface area (Å²) in [5.41, 5.74) is 0.865. The van der Waals surface area contributed by atoms with E-state index in [1.807, 2.05) is 37.3 Å². The van der Waals surface area contributed by atoms with E-state index in [9.17, 15) is 4.79 Å². The number of carbonyl (C=O) groups is 1. The third-order valence-corrected chi connectivity index (χ3v) is 6.65. The summed E-state index contributed by atoms with van der Waals surface area (Å²) in [6.07, 6.45) is 1.64. The highest BCUT2D eigenvalue weighted by Crippen LogP contribution is 2.28. The van der Waals surface area contributed by atoms with Crippen molar-refractivity contribution in [2.24, 2.45) is 0 Å². The van der Waals surface area contributed by atoms with Crippen molar-refractivity contribution in [3.05, 3.63) is 60.2 Å². The molecule has 2 aromatic heterocycles. The normalized spacial score (nSPS) is 16.1. The van der Waals surface area contributed by atoms with Crippen LogP contribution >= 0.6 is 11.3 Å². The van der Waals surface area contributed by atoms with Gasteiger partial charge in [0.15, 0.2) is 0 Å². The summed E-state index contributed by atoms with van der Waals surface area (Å²) in [6.45, 7) is 5.30. The number of rotatable bonds is 4. The highest BCUT2D eigenvalue weighted by atomic mass is 32.1. The van der Waals surface area contributed by atoms with Crippen LogP contribution in [0.1, 0.15) is 6.92 Å². The molecule has 0 bridgehead atoms. The van der Waals surface area contributed by atoms with Gasteiger partial charge in [0.25, 0.3) is 0 Å². The topological polar surface area (TPSA) is 61.4 Å². The van der Waals surface area contributed by atoms with Crippen LogP contribution in [0.5, 0.6) is 0 Å². The summed E-state index contributed by atoms with van der Waals surface area (Å²) in [5.74, 6) is 1.02. The first-order valence-corrected chi connectivity index (χ1v) is 11.0. The molecule has 1 fully saturated rings. The first-order chi connectivity index (χ1) is 14.7. The van der Waals surface area contributed by atoms with Crippen molar-refractivity contribution in [2.75, 3.05) is 36.4 Å². The molecule has 7 heteroatoms. The number of nitrogens with one attached hydrogen (secondary N) is 1. The summed E-state index contributed by atoms with van der Waals surface area (Å²) >= 11 is 1.64. The number of benzene rings is 2. The molecule has 0 spiro atoms. The molecule has 0 aliphatic carbocycles. The first-order valence-electron chi connectivity index (χ1n) is 10.2. The maximum Gasteiger partial charge on any atom is 0.241 e. The fourth-order valence-corrected chi connectivity index (χ4v) is 4.81. The van der Waals surface area contributed by atoms with Crippen molar-refractivity contribution in [3.63, 3.8) is 0 Å². The summed E-state index contributed by atoms with van der Waals surface area (Å²) in [7, 11) is 0. The average Bonchev–Trinajstić information content (AvgIpc) is 3.28. The molecule has 30 heavy (non-hydrogen) atoms. The molecule has 1 amide bonds. The molecule has 6 nitrogen and oxygen atoms in total. The van der Waals surface area contributed by atoms with E-state index >= 15 is 0 Å². The zero-order valence-electron chi connectivity index (χ0n) is 16.8. The molecule has 0 saturated carbocycles. The van der Waals surface area contributed by atoms with E-state index in [0.717, 1.165) is 58.7 Å². The zero-order chi connectivity index (χ0) is 20.5. The molecule has 3 heterocycles. The Bertz CT molecular complexity index is 1190. The molecular formula is C23H23N5OS. The van der Waals surface area contributed by atoms with Crippen LogP contribution in [0.2, 0.25) is 0 Å². The van der Waals surface area contributed by atoms with Crippen LogP contribution in [-0.4, -0.2) is 53.0 Å². The van der Waals surface area contributed by atoms with Gasteiger partial charge in [0.2, 0.25) is 5.91 Å². The molecule has 1 unspecified atom stereocenters. The molecule has 1 aliphatic rings. The highest BCUT2D eigenvalue weighted by molar-refractivity contribution is 7.16. The van der Waals surface area contributed by atoms with Crippen molar-refractivity contribution in [3.8, 4) is 0 Å². The van der Waals surface area contributed by atoms with Crippen molar-refractivity contribution in [1.82, 2.24) is 14.9 Å². The molecule has 4 aromatic rings. The second-order valence-corrected chi connectivity index (χ2v) is 8.45. The Labute approximate surface area is 179 Å². The Morgan fingerprint density at radius 3 is 2.67 bits per heavy atom. The summed E-state index contributed by atoms with van der Waals surface area (Å²) in [5, 5.41) is 8.49. The number of nitrogens with zero attached hydrogens (tertiary/aromatic N) is 4. The largest absolute Gasteiger partial charge is 0.353 e. The molecule has 1 aliphatic heterocycles. The smallest absolute Gasteiger partial charge is 0.241 e. The second kappa shape index (κ2) is 8.01. The number of amides is 1. The van der Waals surface area contributed by atoms with E-state index in [4.69, 9.17) is 0 Å². The van der Waals surface area contributed by atoms with Crippen LogP contribution in [0.3, 0.4) is 0 Å². The molecular weight excluding hydrogens is 394 g/mol. The van der Waals surface area contributed by atoms with Gasteiger partial charge in [0.1, 0.15) is 17.0 Å². The molecule has 0 radical (unpaired) electrons. The fourth-order valence-electron chi connectivity index (χ4n) is 4.09. The number of hydrogen-bond acceptors (Lipinski definition) is 6. The number of aromatic nitrogens is 2. The third-order valence-electron chi connectivity index (χ3n) is 5.83. The van der Waals surface area contributed by atoms with E-state index in [0.29, 0.717) is 0 Å². The Hall–Kier alpha value is -3.03. The van der Waals surface area contributed by atoms with Gasteiger partial charge in [0, 0.05) is 37.3 Å². The van der Waals surface area contributed by atoms with E-state index in [1.54, 1.807) is 17.7 Å². The van der Waals surface area contributed by atoms with Gasteiger partial charge in [-0.2, -0.15) is 0 Å². The quantitative estimate of drug-likeness (QED) is 0.544. The number of anilines is 2. The Balaban J connectivity index is 1.26. The number of carbonyl (C=O) groups excluding carboxylic acids is 1. The van der Waals surface area contributed by atoms with Crippen molar-refractivity contribution < 1.29 is 4.79 Å². The second-order valence-electron chi connectivity index (χ2n) is 7.55. The minimum Gasteiger partial charge on any atom is -0.353 e. The Morgan fingerprint density at radius 1 is 1.00 bits per heavy atom. The molecule has 5 rings (SSSR count). The Morgan fingerprint density at radius 2 is 1.80 bits per heavy atom. The highest BCUT2D eigenvalue weighted by Gasteiger charge is 2.27. The van der Waals surface area contributed by atoms with Crippen LogP contribution < -0.4 is 10.2 Å². The number of thiophene rings is 1. The lowest BCUT2D eigenvalue weighted by molar-refractivity contribution is -0.120. The minimum atomic E-state index is -0.197. The van der Waals surface area contributed by atoms with Crippen LogP contribution in [0.15, 0.2) is 60.2 Å². The minimum absolute atomic E-state index is 0.0297. The lowest BCUT2D eigenvalue weighted by Gasteiger charge is -2.38. The van der Waals surface area contributed by atoms with E-state index in [-0.39, 0.29) is 11.9 Å². The SMILES string of the molecule is CC(C(=O)Nc1cccc2ccccc12)N1CCN(c2ncnc3sccc23)CC1. The standard InChI is InChI=1S/C23H23N5OS/c1-16(22(29)26-20-8-4-6-17-5-2-3-7-18(17)20)27-10-12-28(13-11-27)21-19-9-14-30-23(19)25-15-24-21/h2-9,14-16H,10-13H2,1H3,(H,26,29). The van der Waals surface area contributed by atoms with Gasteiger partial charge in [-0.1, -0.05) is 36.4 Å². The van der Waals surface area contributed by atoms with Gasteiger partial charge >= 0.3 is 0 Å². The zero-order valence-corrected chi connectivity index (χ0v) is 17.6. The monoisotopic (exact) mass is 417 g/mol. The summed E-state index contributed by atoms with van der Waals surface area (Å²) in [4.78, 5) is 27.4. The summed E-state index contributed by atoms with van der Waals surface area (Å²) < 4.78 is 0. The number of hydrogen-bond donors (Lipinski definition) is 1. The lowest BCUT2D eigenvalue weighted by atomic mass is 10.1. The Kier molecular flexibility index (Phi) is 5.06. The lowest BCUT2D eigenvalue weighted by Crippen LogP contribution is -2.53. The predicted molar refractivity (Wildman–Crippen MR) is 123 cm³/mol. The van der Waals surface area contributed by atoms with Gasteiger partial charge in [-0.25, -0.2) is 9.97 Å². The molecule has 1 atom stereocenters. The van der Waals surface area contributed by atoms with Crippen LogP contribution in [0.25, 0.3) is 21.0 Å². The van der Waals surface area contributed by atoms with Crippen LogP contribution in [0, 0.1) is 0 Å². The van der Waals surface area contributed by atoms with Crippen LogP contribution in [0.4, 0.5) is 11.5 Å². The predicted octanol–water partition coefficient (Wildman–Crippen LogP) is 3.99. The molecule has 152 valence electrons. The maximum absolute atomic E-state index is 13.0. The molecule has 1 saturated heterocycles. The van der Waals surface area contributed by atoms with E-state index < -0.39 is 0 Å². The molecule has 1 N–H and O–H groups in total. The fraction of sp³-hybridized carbons (Fsp3) is 0.261. The van der Waals surface area contributed by atoms with E-state index in [1.165, 1.54) is 0 Å². The maximum atomic E-state index is 13.0. The van der Waals surface area contributed by atoms with Crippen LogP contribution in [-0.2, 0) is 4.79 Å². The van der Waals surface area contributed by atoms with Gasteiger partial charge in [-0.3, -0.25) is 9.69 Å². The number of piperazine rings is 1. The van der Waals surface area contributed by atoms with Gasteiger partial charge < -0.3 is 10.2 Å². The third kappa shape index (κ3) is 3.51. The van der Waals surface area contributed by atoms with Gasteiger partial charge in [-0.15, -0.1) is 11.3 Å². The average molecular weight is 418 g/mol. The van der Waals surface area contributed by atoms with Crippen molar-refractivity contribution in [1.29, 1.82) is 0 Å².